The zero-order valence-corrected chi connectivity index (χ0v) is 9.22. The van der Waals surface area contributed by atoms with E-state index < -0.39 is 0 Å². The molecule has 86 valence electrons. The number of benzene rings is 1. The molecule has 0 aliphatic heterocycles. The van der Waals surface area contributed by atoms with E-state index in [2.05, 4.69) is 27.2 Å². The van der Waals surface area contributed by atoms with Gasteiger partial charge in [0.05, 0.1) is 0 Å². The van der Waals surface area contributed by atoms with E-state index in [9.17, 15) is 0 Å². The summed E-state index contributed by atoms with van der Waals surface area (Å²) in [5, 5.41) is 6.07. The van der Waals surface area contributed by atoms with Gasteiger partial charge in [-0.25, -0.2) is 9.97 Å². The Morgan fingerprint density at radius 2 is 1.94 bits per heavy atom. The van der Waals surface area contributed by atoms with E-state index in [-0.39, 0.29) is 0 Å². The molecule has 5 heteroatoms. The summed E-state index contributed by atoms with van der Waals surface area (Å²) in [5.74, 6) is 0.988. The van der Waals surface area contributed by atoms with Gasteiger partial charge in [0.1, 0.15) is 12.0 Å². The lowest BCUT2D eigenvalue weighted by atomic mass is 10.3. The summed E-state index contributed by atoms with van der Waals surface area (Å²) in [7, 11) is 0. The topological polar surface area (TPSA) is 75.9 Å². The van der Waals surface area contributed by atoms with Gasteiger partial charge < -0.3 is 16.4 Å². The average Bonchev–Trinajstić information content (AvgIpc) is 2.35. The molecule has 2 rings (SSSR count). The molecule has 0 spiro atoms. The highest BCUT2D eigenvalue weighted by Crippen LogP contribution is 2.26. The number of para-hydroxylation sites is 1. The van der Waals surface area contributed by atoms with Crippen LogP contribution in [0.1, 0.15) is 0 Å². The molecule has 5 nitrogen and oxygen atoms in total. The van der Waals surface area contributed by atoms with Gasteiger partial charge in [-0.05, 0) is 18.3 Å². The second-order valence-electron chi connectivity index (χ2n) is 3.32. The van der Waals surface area contributed by atoms with E-state index in [4.69, 9.17) is 5.73 Å². The molecule has 0 aliphatic rings. The first-order valence-electron chi connectivity index (χ1n) is 5.11. The number of nitrogens with two attached hydrogens (primary N) is 1. The molecule has 0 atom stereocenters. The van der Waals surface area contributed by atoms with Gasteiger partial charge in [-0.2, -0.15) is 0 Å². The van der Waals surface area contributed by atoms with Crippen molar-refractivity contribution in [3.63, 3.8) is 0 Å². The van der Waals surface area contributed by atoms with Crippen molar-refractivity contribution in [1.82, 2.24) is 9.97 Å². The highest BCUT2D eigenvalue weighted by Gasteiger charge is 2.07. The highest BCUT2D eigenvalue weighted by atomic mass is 15.1. The summed E-state index contributed by atoms with van der Waals surface area (Å²) in [5.41, 5.74) is 7.31. The minimum atomic E-state index is 0.373. The van der Waals surface area contributed by atoms with Crippen LogP contribution in [0.15, 0.2) is 49.4 Å². The Bertz CT molecular complexity index is 510. The smallest absolute Gasteiger partial charge is 0.159 e. The number of rotatable bonds is 4. The van der Waals surface area contributed by atoms with Crippen LogP contribution in [-0.2, 0) is 0 Å². The minimum Gasteiger partial charge on any atom is -0.382 e. The van der Waals surface area contributed by atoms with Crippen molar-refractivity contribution >= 4 is 23.0 Å². The van der Waals surface area contributed by atoms with Crippen molar-refractivity contribution in [2.75, 3.05) is 16.4 Å². The summed E-state index contributed by atoms with van der Waals surface area (Å²) >= 11 is 0. The normalized spacial score (nSPS) is 9.65. The van der Waals surface area contributed by atoms with Crippen molar-refractivity contribution in [1.29, 1.82) is 0 Å². The molecule has 1 heterocycles. The second kappa shape index (κ2) is 4.98. The summed E-state index contributed by atoms with van der Waals surface area (Å²) in [6.07, 6.45) is 2.94. The minimum absolute atomic E-state index is 0.373. The fourth-order valence-electron chi connectivity index (χ4n) is 1.40. The SMILES string of the molecule is C=CNc1c(N)ncnc1Nc1ccccc1. The Labute approximate surface area is 99.4 Å². The van der Waals surface area contributed by atoms with Gasteiger partial charge in [0.2, 0.25) is 0 Å². The lowest BCUT2D eigenvalue weighted by molar-refractivity contribution is 1.17. The molecule has 0 saturated heterocycles. The summed E-state index contributed by atoms with van der Waals surface area (Å²) in [6, 6.07) is 9.70. The van der Waals surface area contributed by atoms with E-state index in [0.29, 0.717) is 17.3 Å². The standard InChI is InChI=1S/C12H13N5/c1-2-14-10-11(13)15-8-16-12(10)17-9-6-4-3-5-7-9/h2-8,14H,1H2,(H3,13,15,16,17). The quantitative estimate of drug-likeness (QED) is 0.747. The fraction of sp³-hybridized carbons (Fsp3) is 0. The van der Waals surface area contributed by atoms with E-state index in [0.717, 1.165) is 5.69 Å². The fourth-order valence-corrected chi connectivity index (χ4v) is 1.40. The van der Waals surface area contributed by atoms with Crippen LogP contribution in [0.2, 0.25) is 0 Å². The Balaban J connectivity index is 2.32. The summed E-state index contributed by atoms with van der Waals surface area (Å²) < 4.78 is 0. The molecule has 4 N–H and O–H groups in total. The molecule has 0 radical (unpaired) electrons. The van der Waals surface area contributed by atoms with E-state index >= 15 is 0 Å². The number of hydrogen-bond acceptors (Lipinski definition) is 5. The van der Waals surface area contributed by atoms with Crippen LogP contribution < -0.4 is 16.4 Å². The number of hydrogen-bond donors (Lipinski definition) is 3. The Hall–Kier alpha value is -2.56. The third-order valence-corrected chi connectivity index (χ3v) is 2.16. The third-order valence-electron chi connectivity index (χ3n) is 2.16. The van der Waals surface area contributed by atoms with Crippen molar-refractivity contribution in [2.24, 2.45) is 0 Å². The Morgan fingerprint density at radius 1 is 1.18 bits per heavy atom. The van der Waals surface area contributed by atoms with Crippen LogP contribution >= 0.6 is 0 Å². The maximum absolute atomic E-state index is 5.76. The Morgan fingerprint density at radius 3 is 2.65 bits per heavy atom. The van der Waals surface area contributed by atoms with Crippen LogP contribution in [0.3, 0.4) is 0 Å². The molecule has 0 amide bonds. The largest absolute Gasteiger partial charge is 0.382 e. The number of anilines is 4. The lowest BCUT2D eigenvalue weighted by Gasteiger charge is -2.11. The first-order chi connectivity index (χ1) is 8.31. The molecule has 17 heavy (non-hydrogen) atoms. The first-order valence-corrected chi connectivity index (χ1v) is 5.11. The molecule has 1 aromatic carbocycles. The molecular weight excluding hydrogens is 214 g/mol. The molecule has 0 fully saturated rings. The van der Waals surface area contributed by atoms with Crippen LogP contribution in [0.4, 0.5) is 23.0 Å². The van der Waals surface area contributed by atoms with Crippen molar-refractivity contribution < 1.29 is 0 Å². The van der Waals surface area contributed by atoms with Crippen LogP contribution in [0, 0.1) is 0 Å². The van der Waals surface area contributed by atoms with Gasteiger partial charge >= 0.3 is 0 Å². The van der Waals surface area contributed by atoms with Crippen LogP contribution in [-0.4, -0.2) is 9.97 Å². The molecule has 0 unspecified atom stereocenters. The number of nitrogen functional groups attached to an aromatic ring is 1. The summed E-state index contributed by atoms with van der Waals surface area (Å²) in [6.45, 7) is 3.60. The predicted molar refractivity (Wildman–Crippen MR) is 70.0 cm³/mol. The molecular formula is C12H13N5. The number of aromatic nitrogens is 2. The Kier molecular flexibility index (Phi) is 3.20. The molecule has 2 aromatic rings. The van der Waals surface area contributed by atoms with Crippen molar-refractivity contribution in [3.8, 4) is 0 Å². The molecule has 1 aromatic heterocycles. The predicted octanol–water partition coefficient (Wildman–Crippen LogP) is 2.36. The third kappa shape index (κ3) is 2.52. The van der Waals surface area contributed by atoms with Crippen LogP contribution in [0.5, 0.6) is 0 Å². The van der Waals surface area contributed by atoms with E-state index in [1.807, 2.05) is 30.3 Å². The van der Waals surface area contributed by atoms with Gasteiger partial charge in [-0.1, -0.05) is 24.8 Å². The molecule has 0 aliphatic carbocycles. The van der Waals surface area contributed by atoms with Gasteiger partial charge in [0.15, 0.2) is 11.6 Å². The number of nitrogens with one attached hydrogen (secondary N) is 2. The molecule has 0 saturated carbocycles. The maximum Gasteiger partial charge on any atom is 0.159 e. The first kappa shape index (κ1) is 10.9. The van der Waals surface area contributed by atoms with Gasteiger partial charge in [0, 0.05) is 5.69 Å². The van der Waals surface area contributed by atoms with Gasteiger partial charge in [-0.15, -0.1) is 0 Å². The van der Waals surface area contributed by atoms with Crippen molar-refractivity contribution in [2.45, 2.75) is 0 Å². The van der Waals surface area contributed by atoms with E-state index in [1.54, 1.807) is 0 Å². The highest BCUT2D eigenvalue weighted by molar-refractivity contribution is 5.79. The van der Waals surface area contributed by atoms with E-state index in [1.165, 1.54) is 12.5 Å². The number of nitrogens with zero attached hydrogens (tertiary/aromatic N) is 2. The van der Waals surface area contributed by atoms with Crippen molar-refractivity contribution in [3.05, 3.63) is 49.4 Å². The molecule has 0 bridgehead atoms. The van der Waals surface area contributed by atoms with Crippen LogP contribution in [0.25, 0.3) is 0 Å². The second-order valence-corrected chi connectivity index (χ2v) is 3.32. The van der Waals surface area contributed by atoms with Gasteiger partial charge in [0.25, 0.3) is 0 Å². The maximum atomic E-state index is 5.76. The van der Waals surface area contributed by atoms with Gasteiger partial charge in [-0.3, -0.25) is 0 Å². The zero-order chi connectivity index (χ0) is 12.1. The summed E-state index contributed by atoms with van der Waals surface area (Å²) in [4.78, 5) is 8.06. The average molecular weight is 227 g/mol. The monoisotopic (exact) mass is 227 g/mol. The lowest BCUT2D eigenvalue weighted by Crippen LogP contribution is -2.04. The zero-order valence-electron chi connectivity index (χ0n) is 9.22.